The zero-order chi connectivity index (χ0) is 26.1. The number of methoxy groups -OCH3 is 1. The van der Waals surface area contributed by atoms with E-state index in [4.69, 9.17) is 4.74 Å². The number of ether oxygens (including phenoxy) is 1. The maximum atomic E-state index is 13.6. The van der Waals surface area contributed by atoms with E-state index in [1.807, 2.05) is 28.9 Å². The van der Waals surface area contributed by atoms with Crippen LogP contribution in [0, 0.1) is 0 Å². The van der Waals surface area contributed by atoms with Crippen molar-refractivity contribution >= 4 is 16.6 Å². The van der Waals surface area contributed by atoms with E-state index >= 15 is 0 Å². The number of rotatable bonds is 7. The number of anilines is 1. The molecular weight excluding hydrogens is 478 g/mol. The van der Waals surface area contributed by atoms with Crippen molar-refractivity contribution in [2.75, 3.05) is 38.2 Å². The van der Waals surface area contributed by atoms with Crippen LogP contribution in [0.25, 0.3) is 10.9 Å². The number of nitrogens with one attached hydrogen (secondary N) is 1. The molecule has 38 heavy (non-hydrogen) atoms. The Hall–Kier alpha value is -3.72. The Kier molecular flexibility index (Phi) is 6.84. The number of piperazine rings is 1. The van der Waals surface area contributed by atoms with Gasteiger partial charge in [-0.3, -0.25) is 9.69 Å². The van der Waals surface area contributed by atoms with Crippen LogP contribution < -0.4 is 15.2 Å². The summed E-state index contributed by atoms with van der Waals surface area (Å²) in [5.74, 6) is 1.64. The molecule has 1 saturated heterocycles. The number of aryl methyl sites for hydroxylation is 1. The summed E-state index contributed by atoms with van der Waals surface area (Å²) in [4.78, 5) is 21.4. The van der Waals surface area contributed by atoms with Crippen LogP contribution in [-0.2, 0) is 6.42 Å². The molecule has 6 rings (SSSR count). The number of hydrogen-bond acceptors (Lipinski definition) is 7. The standard InChI is InChI=1S/C29H35N7O2/c1-3-20-12-13-24-21(18-20)19-23(29(37)30-24)27(28-31-32-33-36(28)22-8-4-5-9-22)35-16-14-34(15-17-35)25-10-6-7-11-26(25)38-2/h6-7,10-13,18-19,22,27H,3-5,8-9,14-17H2,1-2H3,(H,30,37). The van der Waals surface area contributed by atoms with Crippen molar-refractivity contribution in [3.63, 3.8) is 0 Å². The number of fused-ring (bicyclic) bond motifs is 1. The van der Waals surface area contributed by atoms with Crippen molar-refractivity contribution in [1.82, 2.24) is 30.1 Å². The Morgan fingerprint density at radius 2 is 1.84 bits per heavy atom. The molecule has 1 N–H and O–H groups in total. The molecule has 2 aliphatic rings. The molecule has 1 aliphatic carbocycles. The number of H-pyrrole nitrogens is 1. The number of pyridine rings is 1. The summed E-state index contributed by atoms with van der Waals surface area (Å²) in [6.45, 7) is 5.31. The highest BCUT2D eigenvalue weighted by atomic mass is 16.5. The second-order valence-electron chi connectivity index (χ2n) is 10.3. The summed E-state index contributed by atoms with van der Waals surface area (Å²) in [5.41, 5.74) is 3.81. The van der Waals surface area contributed by atoms with Crippen molar-refractivity contribution in [1.29, 1.82) is 0 Å². The van der Waals surface area contributed by atoms with Gasteiger partial charge in [0.25, 0.3) is 5.56 Å². The molecule has 2 fully saturated rings. The molecule has 0 bridgehead atoms. The second kappa shape index (κ2) is 10.6. The van der Waals surface area contributed by atoms with Gasteiger partial charge < -0.3 is 14.6 Å². The van der Waals surface area contributed by atoms with Gasteiger partial charge in [-0.2, -0.15) is 0 Å². The van der Waals surface area contributed by atoms with Crippen molar-refractivity contribution in [3.8, 4) is 5.75 Å². The molecule has 0 radical (unpaired) electrons. The third-order valence-corrected chi connectivity index (χ3v) is 8.18. The molecule has 4 aromatic rings. The van der Waals surface area contributed by atoms with E-state index in [0.717, 1.165) is 73.6 Å². The second-order valence-corrected chi connectivity index (χ2v) is 10.3. The third-order valence-electron chi connectivity index (χ3n) is 8.18. The largest absolute Gasteiger partial charge is 0.495 e. The van der Waals surface area contributed by atoms with Crippen molar-refractivity contribution in [3.05, 3.63) is 75.8 Å². The topological polar surface area (TPSA) is 92.2 Å². The summed E-state index contributed by atoms with van der Waals surface area (Å²) in [7, 11) is 1.71. The van der Waals surface area contributed by atoms with Gasteiger partial charge in [-0.1, -0.05) is 38.0 Å². The quantitative estimate of drug-likeness (QED) is 0.398. The zero-order valence-corrected chi connectivity index (χ0v) is 22.1. The predicted molar refractivity (Wildman–Crippen MR) is 148 cm³/mol. The van der Waals surface area contributed by atoms with E-state index in [-0.39, 0.29) is 17.6 Å². The lowest BCUT2D eigenvalue weighted by Gasteiger charge is -2.40. The number of aromatic amines is 1. The smallest absolute Gasteiger partial charge is 0.253 e. The fraction of sp³-hybridized carbons (Fsp3) is 0.448. The van der Waals surface area contributed by atoms with Gasteiger partial charge in [0.15, 0.2) is 5.82 Å². The first kappa shape index (κ1) is 24.6. The number of para-hydroxylation sites is 2. The van der Waals surface area contributed by atoms with Gasteiger partial charge in [-0.15, -0.1) is 5.10 Å². The molecule has 1 aliphatic heterocycles. The number of benzene rings is 2. The summed E-state index contributed by atoms with van der Waals surface area (Å²) in [6, 6.07) is 16.4. The number of hydrogen-bond donors (Lipinski definition) is 1. The number of nitrogens with zero attached hydrogens (tertiary/aromatic N) is 6. The summed E-state index contributed by atoms with van der Waals surface area (Å²) >= 11 is 0. The number of tetrazole rings is 1. The highest BCUT2D eigenvalue weighted by Crippen LogP contribution is 2.35. The molecule has 2 aromatic heterocycles. The Morgan fingerprint density at radius 3 is 2.61 bits per heavy atom. The maximum absolute atomic E-state index is 13.6. The van der Waals surface area contributed by atoms with Crippen LogP contribution in [0.2, 0.25) is 0 Å². The Morgan fingerprint density at radius 1 is 1.05 bits per heavy atom. The molecule has 1 atom stereocenters. The molecule has 9 heteroatoms. The van der Waals surface area contributed by atoms with E-state index in [9.17, 15) is 4.79 Å². The average Bonchev–Trinajstić information content (AvgIpc) is 3.66. The van der Waals surface area contributed by atoms with Crippen molar-refractivity contribution < 1.29 is 4.74 Å². The van der Waals surface area contributed by atoms with Gasteiger partial charge in [0, 0.05) is 37.3 Å². The fourth-order valence-corrected chi connectivity index (χ4v) is 6.10. The molecule has 9 nitrogen and oxygen atoms in total. The van der Waals surface area contributed by atoms with E-state index in [2.05, 4.69) is 61.5 Å². The van der Waals surface area contributed by atoms with Gasteiger partial charge in [-0.25, -0.2) is 4.68 Å². The van der Waals surface area contributed by atoms with Crippen LogP contribution in [0.15, 0.2) is 53.3 Å². The molecule has 198 valence electrons. The molecule has 0 amide bonds. The van der Waals surface area contributed by atoms with Crippen LogP contribution in [0.5, 0.6) is 5.75 Å². The van der Waals surface area contributed by atoms with Gasteiger partial charge in [0.1, 0.15) is 11.8 Å². The van der Waals surface area contributed by atoms with E-state index in [1.165, 1.54) is 18.4 Å². The van der Waals surface area contributed by atoms with Crippen molar-refractivity contribution in [2.45, 2.75) is 51.1 Å². The molecule has 3 heterocycles. The average molecular weight is 514 g/mol. The minimum atomic E-state index is -0.330. The van der Waals surface area contributed by atoms with Gasteiger partial charge in [-0.05, 0) is 71.0 Å². The number of aromatic nitrogens is 5. The lowest BCUT2D eigenvalue weighted by molar-refractivity contribution is 0.196. The lowest BCUT2D eigenvalue weighted by atomic mass is 10.0. The summed E-state index contributed by atoms with van der Waals surface area (Å²) in [6.07, 6.45) is 5.45. The van der Waals surface area contributed by atoms with Crippen LogP contribution in [-0.4, -0.2) is 63.4 Å². The highest BCUT2D eigenvalue weighted by molar-refractivity contribution is 5.80. The van der Waals surface area contributed by atoms with Crippen LogP contribution >= 0.6 is 0 Å². The van der Waals surface area contributed by atoms with Gasteiger partial charge >= 0.3 is 0 Å². The minimum absolute atomic E-state index is 0.0834. The molecular formula is C29H35N7O2. The minimum Gasteiger partial charge on any atom is -0.495 e. The zero-order valence-electron chi connectivity index (χ0n) is 22.1. The maximum Gasteiger partial charge on any atom is 0.253 e. The van der Waals surface area contributed by atoms with Gasteiger partial charge in [0.05, 0.1) is 18.8 Å². The summed E-state index contributed by atoms with van der Waals surface area (Å²) in [5, 5.41) is 14.1. The normalized spacial score (nSPS) is 17.8. The molecule has 1 unspecified atom stereocenters. The Bertz CT molecular complexity index is 1470. The van der Waals surface area contributed by atoms with Crippen LogP contribution in [0.4, 0.5) is 5.69 Å². The molecule has 0 spiro atoms. The lowest BCUT2D eigenvalue weighted by Crippen LogP contribution is -2.49. The Balaban J connectivity index is 1.39. The van der Waals surface area contributed by atoms with Crippen LogP contribution in [0.1, 0.15) is 61.6 Å². The van der Waals surface area contributed by atoms with E-state index < -0.39 is 0 Å². The molecule has 1 saturated carbocycles. The SMILES string of the molecule is CCc1ccc2[nH]c(=O)c(C(c3nnnn3C3CCCC3)N3CCN(c4ccccc4OC)CC3)cc2c1. The highest BCUT2D eigenvalue weighted by Gasteiger charge is 2.35. The van der Waals surface area contributed by atoms with Crippen LogP contribution in [0.3, 0.4) is 0 Å². The van der Waals surface area contributed by atoms with Crippen molar-refractivity contribution in [2.24, 2.45) is 0 Å². The molecule has 2 aromatic carbocycles. The Labute approximate surface area is 222 Å². The third kappa shape index (κ3) is 4.55. The monoisotopic (exact) mass is 513 g/mol. The van der Waals surface area contributed by atoms with E-state index in [0.29, 0.717) is 5.56 Å². The van der Waals surface area contributed by atoms with Gasteiger partial charge in [0.2, 0.25) is 0 Å². The fourth-order valence-electron chi connectivity index (χ4n) is 6.10. The first-order valence-electron chi connectivity index (χ1n) is 13.7. The summed E-state index contributed by atoms with van der Waals surface area (Å²) < 4.78 is 7.62. The first-order valence-corrected chi connectivity index (χ1v) is 13.7. The predicted octanol–water partition coefficient (Wildman–Crippen LogP) is 4.11. The first-order chi connectivity index (χ1) is 18.7. The van der Waals surface area contributed by atoms with E-state index in [1.54, 1.807) is 7.11 Å².